The van der Waals surface area contributed by atoms with Gasteiger partial charge in [0.05, 0.1) is 6.54 Å². The summed E-state index contributed by atoms with van der Waals surface area (Å²) in [5.41, 5.74) is 2.52. The molecule has 0 bridgehead atoms. The number of likely N-dealkylation sites (tertiary alicyclic amines) is 1. The summed E-state index contributed by atoms with van der Waals surface area (Å²) in [5.74, 6) is 0.929. The fourth-order valence-electron chi connectivity index (χ4n) is 3.92. The lowest BCUT2D eigenvalue weighted by atomic mass is 10.1. The summed E-state index contributed by atoms with van der Waals surface area (Å²) in [6.07, 6.45) is 7.88. The molecule has 0 amide bonds. The molecule has 0 aliphatic carbocycles. The van der Waals surface area contributed by atoms with Crippen LogP contribution in [0.5, 0.6) is 0 Å². The van der Waals surface area contributed by atoms with Gasteiger partial charge < -0.3 is 25.2 Å². The molecule has 0 spiro atoms. The Balaban J connectivity index is 1.46. The molecule has 2 heterocycles. The molecule has 0 atom stereocenters. The van der Waals surface area contributed by atoms with Gasteiger partial charge in [0.15, 0.2) is 5.96 Å². The zero-order valence-corrected chi connectivity index (χ0v) is 18.1. The molecule has 1 fully saturated rings. The molecule has 1 saturated heterocycles. The van der Waals surface area contributed by atoms with Gasteiger partial charge in [0.25, 0.3) is 0 Å². The molecule has 2 aliphatic rings. The maximum absolute atomic E-state index is 5.16. The van der Waals surface area contributed by atoms with E-state index in [0.29, 0.717) is 12.6 Å². The van der Waals surface area contributed by atoms with Crippen LogP contribution in [0.3, 0.4) is 0 Å². The van der Waals surface area contributed by atoms with E-state index in [2.05, 4.69) is 63.8 Å². The van der Waals surface area contributed by atoms with Crippen molar-refractivity contribution in [3.05, 3.63) is 42.0 Å². The van der Waals surface area contributed by atoms with Crippen LogP contribution in [0.25, 0.3) is 0 Å². The molecule has 1 aromatic carbocycles. The number of anilines is 1. The number of methoxy groups -OCH3 is 1. The number of nitrogens with zero attached hydrogens (tertiary/aromatic N) is 3. The zero-order chi connectivity index (χ0) is 20.3. The SMILES string of the molecule is CCNC(=NCc1ccc(N2CC=CC2)cc1)NC1CCN(CCCOC)CC1. The van der Waals surface area contributed by atoms with Crippen LogP contribution >= 0.6 is 0 Å². The van der Waals surface area contributed by atoms with E-state index in [1.807, 2.05) is 0 Å². The predicted octanol–water partition coefficient (Wildman–Crippen LogP) is 2.62. The van der Waals surface area contributed by atoms with Crippen molar-refractivity contribution in [2.24, 2.45) is 4.99 Å². The number of benzene rings is 1. The topological polar surface area (TPSA) is 52.1 Å². The summed E-state index contributed by atoms with van der Waals surface area (Å²) < 4.78 is 5.16. The zero-order valence-electron chi connectivity index (χ0n) is 18.1. The summed E-state index contributed by atoms with van der Waals surface area (Å²) in [4.78, 5) is 9.72. The van der Waals surface area contributed by atoms with Gasteiger partial charge in [-0.2, -0.15) is 0 Å². The van der Waals surface area contributed by atoms with E-state index in [1.165, 1.54) is 11.3 Å². The summed E-state index contributed by atoms with van der Waals surface area (Å²) in [6, 6.07) is 9.30. The van der Waals surface area contributed by atoms with Crippen LogP contribution in [0.2, 0.25) is 0 Å². The van der Waals surface area contributed by atoms with E-state index in [9.17, 15) is 0 Å². The maximum Gasteiger partial charge on any atom is 0.191 e. The third-order valence-corrected chi connectivity index (χ3v) is 5.63. The molecule has 0 saturated carbocycles. The third-order valence-electron chi connectivity index (χ3n) is 5.63. The van der Waals surface area contributed by atoms with Gasteiger partial charge in [-0.15, -0.1) is 0 Å². The summed E-state index contributed by atoms with van der Waals surface area (Å²) in [6.45, 7) is 10.00. The molecule has 29 heavy (non-hydrogen) atoms. The Morgan fingerprint density at radius 2 is 1.86 bits per heavy atom. The highest BCUT2D eigenvalue weighted by molar-refractivity contribution is 5.80. The molecule has 0 unspecified atom stereocenters. The maximum atomic E-state index is 5.16. The summed E-state index contributed by atoms with van der Waals surface area (Å²) in [5, 5.41) is 7.04. The fraction of sp³-hybridized carbons (Fsp3) is 0.609. The largest absolute Gasteiger partial charge is 0.385 e. The van der Waals surface area contributed by atoms with Crippen molar-refractivity contribution in [2.75, 3.05) is 57.9 Å². The van der Waals surface area contributed by atoms with Crippen LogP contribution in [-0.4, -0.2) is 69.9 Å². The van der Waals surface area contributed by atoms with Gasteiger partial charge in [-0.05, 0) is 43.9 Å². The van der Waals surface area contributed by atoms with Crippen molar-refractivity contribution < 1.29 is 4.74 Å². The second-order valence-corrected chi connectivity index (χ2v) is 7.84. The van der Waals surface area contributed by atoms with E-state index >= 15 is 0 Å². The minimum Gasteiger partial charge on any atom is -0.385 e. The van der Waals surface area contributed by atoms with Crippen LogP contribution in [0.1, 0.15) is 31.7 Å². The first-order valence-corrected chi connectivity index (χ1v) is 11.0. The highest BCUT2D eigenvalue weighted by Crippen LogP contribution is 2.18. The van der Waals surface area contributed by atoms with Gasteiger partial charge in [0.1, 0.15) is 0 Å². The van der Waals surface area contributed by atoms with E-state index in [0.717, 1.165) is 71.1 Å². The number of hydrogen-bond acceptors (Lipinski definition) is 4. The van der Waals surface area contributed by atoms with Crippen LogP contribution in [0, 0.1) is 0 Å². The van der Waals surface area contributed by atoms with Crippen molar-refractivity contribution in [3.8, 4) is 0 Å². The molecule has 2 N–H and O–H groups in total. The lowest BCUT2D eigenvalue weighted by Crippen LogP contribution is -2.48. The van der Waals surface area contributed by atoms with Crippen molar-refractivity contribution in [1.29, 1.82) is 0 Å². The number of nitrogens with one attached hydrogen (secondary N) is 2. The van der Waals surface area contributed by atoms with Gasteiger partial charge in [-0.25, -0.2) is 4.99 Å². The Bertz CT molecular complexity index is 642. The van der Waals surface area contributed by atoms with Crippen LogP contribution in [0.4, 0.5) is 5.69 Å². The molecule has 0 radical (unpaired) electrons. The van der Waals surface area contributed by atoms with Crippen LogP contribution in [0.15, 0.2) is 41.4 Å². The van der Waals surface area contributed by atoms with Gasteiger partial charge >= 0.3 is 0 Å². The molecular weight excluding hydrogens is 362 g/mol. The first-order valence-electron chi connectivity index (χ1n) is 11.0. The van der Waals surface area contributed by atoms with Gasteiger partial charge in [0.2, 0.25) is 0 Å². The van der Waals surface area contributed by atoms with E-state index in [1.54, 1.807) is 7.11 Å². The number of ether oxygens (including phenoxy) is 1. The normalized spacial score (nSPS) is 18.4. The molecule has 3 rings (SSSR count). The third kappa shape index (κ3) is 7.05. The average molecular weight is 400 g/mol. The average Bonchev–Trinajstić information content (AvgIpc) is 3.29. The second-order valence-electron chi connectivity index (χ2n) is 7.84. The van der Waals surface area contributed by atoms with Gasteiger partial charge in [0, 0.05) is 64.7 Å². The Kier molecular flexibility index (Phi) is 8.83. The lowest BCUT2D eigenvalue weighted by molar-refractivity contribution is 0.155. The molecular formula is C23H37N5O. The minimum atomic E-state index is 0.497. The highest BCUT2D eigenvalue weighted by Gasteiger charge is 2.19. The van der Waals surface area contributed by atoms with E-state index < -0.39 is 0 Å². The second kappa shape index (κ2) is 11.8. The van der Waals surface area contributed by atoms with Gasteiger partial charge in [-0.3, -0.25) is 0 Å². The standard InChI is InChI=1S/C23H37N5O/c1-3-24-23(26-21-11-16-27(17-12-21)13-6-18-29-2)25-19-20-7-9-22(10-8-20)28-14-4-5-15-28/h4-5,7-10,21H,3,6,11-19H2,1-2H3,(H2,24,25,26). The Morgan fingerprint density at radius 3 is 2.52 bits per heavy atom. The fourth-order valence-corrected chi connectivity index (χ4v) is 3.92. The van der Waals surface area contributed by atoms with Crippen molar-refractivity contribution in [3.63, 3.8) is 0 Å². The molecule has 0 aromatic heterocycles. The Labute approximate surface area is 176 Å². The number of guanidine groups is 1. The predicted molar refractivity (Wildman–Crippen MR) is 122 cm³/mol. The Hall–Kier alpha value is -2.05. The molecule has 1 aromatic rings. The minimum absolute atomic E-state index is 0.497. The molecule has 6 nitrogen and oxygen atoms in total. The number of aliphatic imine (C=N–C) groups is 1. The molecule has 2 aliphatic heterocycles. The monoisotopic (exact) mass is 399 g/mol. The summed E-state index contributed by atoms with van der Waals surface area (Å²) >= 11 is 0. The van der Waals surface area contributed by atoms with Crippen molar-refractivity contribution in [1.82, 2.24) is 15.5 Å². The summed E-state index contributed by atoms with van der Waals surface area (Å²) in [7, 11) is 1.77. The Morgan fingerprint density at radius 1 is 1.14 bits per heavy atom. The van der Waals surface area contributed by atoms with Gasteiger partial charge in [-0.1, -0.05) is 24.3 Å². The lowest BCUT2D eigenvalue weighted by Gasteiger charge is -2.33. The van der Waals surface area contributed by atoms with Crippen LogP contribution in [-0.2, 0) is 11.3 Å². The smallest absolute Gasteiger partial charge is 0.191 e. The molecule has 6 heteroatoms. The van der Waals surface area contributed by atoms with Crippen LogP contribution < -0.4 is 15.5 Å². The first-order chi connectivity index (χ1) is 14.3. The van der Waals surface area contributed by atoms with E-state index in [4.69, 9.17) is 9.73 Å². The van der Waals surface area contributed by atoms with E-state index in [-0.39, 0.29) is 0 Å². The number of piperidine rings is 1. The highest BCUT2D eigenvalue weighted by atomic mass is 16.5. The quantitative estimate of drug-likeness (QED) is 0.289. The number of rotatable bonds is 9. The molecule has 160 valence electrons. The van der Waals surface area contributed by atoms with Crippen molar-refractivity contribution >= 4 is 11.6 Å². The first kappa shape index (κ1) is 21.7. The number of hydrogen-bond donors (Lipinski definition) is 2. The van der Waals surface area contributed by atoms with Crippen molar-refractivity contribution in [2.45, 2.75) is 38.8 Å².